The van der Waals surface area contributed by atoms with Gasteiger partial charge in [0.1, 0.15) is 5.52 Å². The van der Waals surface area contributed by atoms with Crippen LogP contribution in [0.4, 0.5) is 0 Å². The van der Waals surface area contributed by atoms with Crippen molar-refractivity contribution in [2.45, 2.75) is 19.0 Å². The van der Waals surface area contributed by atoms with Gasteiger partial charge >= 0.3 is 0 Å². The fourth-order valence-electron chi connectivity index (χ4n) is 3.67. The van der Waals surface area contributed by atoms with E-state index in [1.54, 1.807) is 18.7 Å². The molecule has 0 N–H and O–H groups in total. The molecule has 1 aliphatic rings. The zero-order chi connectivity index (χ0) is 18.9. The topological polar surface area (TPSA) is 63.9 Å². The van der Waals surface area contributed by atoms with Crippen LogP contribution in [-0.2, 0) is 6.54 Å². The highest BCUT2D eigenvalue weighted by atomic mass is 16.2. The number of nitrogens with zero attached hydrogens (tertiary/aromatic N) is 5. The Kier molecular flexibility index (Phi) is 4.09. The van der Waals surface area contributed by atoms with Crippen molar-refractivity contribution in [1.29, 1.82) is 0 Å². The first-order valence-electron chi connectivity index (χ1n) is 9.36. The summed E-state index contributed by atoms with van der Waals surface area (Å²) in [6.45, 7) is 1.37. The van der Waals surface area contributed by atoms with Crippen molar-refractivity contribution in [3.05, 3.63) is 90.1 Å². The minimum atomic E-state index is 0.00813. The van der Waals surface area contributed by atoms with E-state index in [9.17, 15) is 4.79 Å². The molecule has 28 heavy (non-hydrogen) atoms. The summed E-state index contributed by atoms with van der Waals surface area (Å²) in [4.78, 5) is 28.2. The lowest BCUT2D eigenvalue weighted by molar-refractivity contribution is 0.0460. The zero-order valence-electron chi connectivity index (χ0n) is 15.3. The van der Waals surface area contributed by atoms with Crippen LogP contribution < -0.4 is 0 Å². The van der Waals surface area contributed by atoms with Crippen LogP contribution in [0.2, 0.25) is 0 Å². The Hall–Kier alpha value is -3.54. The van der Waals surface area contributed by atoms with E-state index in [1.807, 2.05) is 51.9 Å². The molecule has 4 aromatic rings. The van der Waals surface area contributed by atoms with Crippen LogP contribution in [0.5, 0.6) is 0 Å². The van der Waals surface area contributed by atoms with E-state index in [4.69, 9.17) is 0 Å². The van der Waals surface area contributed by atoms with Crippen LogP contribution >= 0.6 is 0 Å². The Labute approximate surface area is 162 Å². The number of fused-ring (bicyclic) bond motifs is 1. The highest BCUT2D eigenvalue weighted by molar-refractivity contribution is 5.97. The lowest BCUT2D eigenvalue weighted by Crippen LogP contribution is -2.45. The number of hydrogen-bond acceptors (Lipinski definition) is 4. The lowest BCUT2D eigenvalue weighted by atomic mass is 9.94. The van der Waals surface area contributed by atoms with Crippen LogP contribution in [0.1, 0.15) is 34.1 Å². The molecule has 1 unspecified atom stereocenters. The molecule has 4 heterocycles. The van der Waals surface area contributed by atoms with Gasteiger partial charge in [-0.1, -0.05) is 36.4 Å². The first-order valence-corrected chi connectivity index (χ1v) is 9.36. The summed E-state index contributed by atoms with van der Waals surface area (Å²) < 4.78 is 1.95. The third kappa shape index (κ3) is 2.93. The fourth-order valence-corrected chi connectivity index (χ4v) is 3.67. The maximum atomic E-state index is 13.0. The van der Waals surface area contributed by atoms with Crippen LogP contribution in [0.25, 0.3) is 11.2 Å². The van der Waals surface area contributed by atoms with E-state index < -0.39 is 0 Å². The minimum Gasteiger partial charge on any atom is -0.331 e. The molecule has 0 saturated carbocycles. The second-order valence-corrected chi connectivity index (χ2v) is 6.97. The molecule has 6 nitrogen and oxygen atoms in total. The predicted octanol–water partition coefficient (Wildman–Crippen LogP) is 3.46. The first kappa shape index (κ1) is 16.6. The summed E-state index contributed by atoms with van der Waals surface area (Å²) in [5, 5.41) is 0. The number of imidazole rings is 1. The maximum absolute atomic E-state index is 13.0. The summed E-state index contributed by atoms with van der Waals surface area (Å²) in [6.07, 6.45) is 6.16. The van der Waals surface area contributed by atoms with Crippen molar-refractivity contribution in [1.82, 2.24) is 24.4 Å². The van der Waals surface area contributed by atoms with Gasteiger partial charge in [-0.25, -0.2) is 9.97 Å². The van der Waals surface area contributed by atoms with Gasteiger partial charge in [0.15, 0.2) is 5.65 Å². The third-order valence-electron chi connectivity index (χ3n) is 5.23. The number of aromatic nitrogens is 4. The van der Waals surface area contributed by atoms with E-state index in [-0.39, 0.29) is 11.9 Å². The average molecular weight is 369 g/mol. The van der Waals surface area contributed by atoms with E-state index in [0.29, 0.717) is 12.1 Å². The van der Waals surface area contributed by atoms with E-state index in [2.05, 4.69) is 27.1 Å². The van der Waals surface area contributed by atoms with Gasteiger partial charge in [-0.05, 0) is 30.2 Å². The number of amides is 1. The van der Waals surface area contributed by atoms with Crippen molar-refractivity contribution < 1.29 is 4.79 Å². The lowest BCUT2D eigenvalue weighted by Gasteiger charge is -2.41. The average Bonchev–Trinajstić information content (AvgIpc) is 3.11. The molecule has 1 saturated heterocycles. The van der Waals surface area contributed by atoms with Gasteiger partial charge in [0.05, 0.1) is 30.2 Å². The smallest absolute Gasteiger partial charge is 0.256 e. The van der Waals surface area contributed by atoms with Gasteiger partial charge < -0.3 is 9.47 Å². The zero-order valence-corrected chi connectivity index (χ0v) is 15.3. The Morgan fingerprint density at radius 3 is 2.64 bits per heavy atom. The van der Waals surface area contributed by atoms with E-state index in [1.165, 1.54) is 5.56 Å². The van der Waals surface area contributed by atoms with Gasteiger partial charge in [0.2, 0.25) is 0 Å². The van der Waals surface area contributed by atoms with Crippen molar-refractivity contribution in [2.24, 2.45) is 0 Å². The van der Waals surface area contributed by atoms with Gasteiger partial charge in [0.25, 0.3) is 5.91 Å². The number of rotatable bonds is 4. The maximum Gasteiger partial charge on any atom is 0.256 e. The molecule has 1 aromatic carbocycles. The molecule has 0 radical (unpaired) electrons. The number of benzene rings is 1. The molecular weight excluding hydrogens is 350 g/mol. The molecule has 0 aliphatic carbocycles. The number of pyridine rings is 2. The number of likely N-dealkylation sites (tertiary alicyclic amines) is 1. The van der Waals surface area contributed by atoms with Crippen molar-refractivity contribution in [3.8, 4) is 0 Å². The second-order valence-electron chi connectivity index (χ2n) is 6.97. The highest BCUT2D eigenvalue weighted by Crippen LogP contribution is 2.34. The SMILES string of the molecule is O=C(c1cnc2c(c1)ncn2Cc1ccccn1)N1CCC1c1ccccc1. The number of hydrogen-bond donors (Lipinski definition) is 0. The molecule has 138 valence electrons. The molecule has 0 bridgehead atoms. The van der Waals surface area contributed by atoms with Crippen molar-refractivity contribution in [3.63, 3.8) is 0 Å². The highest BCUT2D eigenvalue weighted by Gasteiger charge is 2.34. The summed E-state index contributed by atoms with van der Waals surface area (Å²) in [7, 11) is 0. The summed E-state index contributed by atoms with van der Waals surface area (Å²) in [5.74, 6) is 0.00813. The quantitative estimate of drug-likeness (QED) is 0.553. The molecule has 1 amide bonds. The molecule has 1 fully saturated rings. The van der Waals surface area contributed by atoms with E-state index >= 15 is 0 Å². The molecule has 0 spiro atoms. The second kappa shape index (κ2) is 6.88. The third-order valence-corrected chi connectivity index (χ3v) is 5.23. The normalized spacial score (nSPS) is 16.1. The first-order chi connectivity index (χ1) is 13.8. The standard InChI is InChI=1S/C22H19N5O/c28-22(27-11-9-20(27)16-6-2-1-3-7-16)17-12-19-21(24-13-17)26(15-25-19)14-18-8-4-5-10-23-18/h1-8,10,12-13,15,20H,9,11,14H2. The summed E-state index contributed by atoms with van der Waals surface area (Å²) >= 11 is 0. The minimum absolute atomic E-state index is 0.00813. The Balaban J connectivity index is 1.39. The van der Waals surface area contributed by atoms with Crippen LogP contribution in [0.15, 0.2) is 73.3 Å². The largest absolute Gasteiger partial charge is 0.331 e. The molecule has 5 rings (SSSR count). The molecule has 1 atom stereocenters. The molecular formula is C22H19N5O. The van der Waals surface area contributed by atoms with Crippen LogP contribution in [0.3, 0.4) is 0 Å². The van der Waals surface area contributed by atoms with Gasteiger partial charge in [0, 0.05) is 18.9 Å². The van der Waals surface area contributed by atoms with Gasteiger partial charge in [-0.15, -0.1) is 0 Å². The number of carbonyl (C=O) groups is 1. The molecule has 6 heteroatoms. The van der Waals surface area contributed by atoms with Crippen molar-refractivity contribution in [2.75, 3.05) is 6.54 Å². The predicted molar refractivity (Wildman–Crippen MR) is 106 cm³/mol. The van der Waals surface area contributed by atoms with Gasteiger partial charge in [-0.3, -0.25) is 9.78 Å². The van der Waals surface area contributed by atoms with Crippen LogP contribution in [-0.4, -0.2) is 36.9 Å². The van der Waals surface area contributed by atoms with Gasteiger partial charge in [-0.2, -0.15) is 0 Å². The van der Waals surface area contributed by atoms with Crippen LogP contribution in [0, 0.1) is 0 Å². The van der Waals surface area contributed by atoms with Crippen molar-refractivity contribution >= 4 is 17.1 Å². The summed E-state index contributed by atoms with van der Waals surface area (Å²) in [5.41, 5.74) is 4.17. The number of carbonyl (C=O) groups excluding carboxylic acids is 1. The molecule has 3 aromatic heterocycles. The Morgan fingerprint density at radius 2 is 1.89 bits per heavy atom. The summed E-state index contributed by atoms with van der Waals surface area (Å²) in [6, 6.07) is 18.0. The fraction of sp³-hybridized carbons (Fsp3) is 0.182. The monoisotopic (exact) mass is 369 g/mol. The Morgan fingerprint density at radius 1 is 1.04 bits per heavy atom. The Bertz CT molecular complexity index is 1120. The van der Waals surface area contributed by atoms with E-state index in [0.717, 1.165) is 29.8 Å². The molecule has 1 aliphatic heterocycles.